The molecule has 1 N–H and O–H groups in total. The van der Waals surface area contributed by atoms with Crippen molar-refractivity contribution in [1.82, 2.24) is 15.0 Å². The second kappa shape index (κ2) is 8.44. The van der Waals surface area contributed by atoms with Crippen LogP contribution < -0.4 is 5.32 Å². The zero-order valence-corrected chi connectivity index (χ0v) is 16.5. The van der Waals surface area contributed by atoms with Crippen molar-refractivity contribution in [1.29, 1.82) is 0 Å². The summed E-state index contributed by atoms with van der Waals surface area (Å²) in [5.74, 6) is 0.547. The van der Waals surface area contributed by atoms with Crippen LogP contribution in [0.3, 0.4) is 0 Å². The number of piperidine rings is 1. The van der Waals surface area contributed by atoms with Crippen LogP contribution in [0, 0.1) is 5.82 Å². The van der Waals surface area contributed by atoms with Crippen LogP contribution in [-0.4, -0.2) is 39.9 Å². The highest BCUT2D eigenvalue weighted by Crippen LogP contribution is 2.29. The van der Waals surface area contributed by atoms with Crippen LogP contribution >= 0.6 is 0 Å². The van der Waals surface area contributed by atoms with Gasteiger partial charge in [0.25, 0.3) is 5.91 Å². The molecule has 4 rings (SSSR count). The van der Waals surface area contributed by atoms with Gasteiger partial charge < -0.3 is 14.7 Å². The summed E-state index contributed by atoms with van der Waals surface area (Å²) in [6.07, 6.45) is 1.45. The molecule has 2 aromatic carbocycles. The largest absolute Gasteiger partial charge is 0.339 e. The quantitative estimate of drug-likeness (QED) is 0.708. The van der Waals surface area contributed by atoms with Crippen molar-refractivity contribution in [2.75, 3.05) is 18.4 Å². The molecule has 3 aromatic rings. The molecular formula is C22H21FN4O3. The van der Waals surface area contributed by atoms with Gasteiger partial charge in [-0.25, -0.2) is 4.39 Å². The molecule has 154 valence electrons. The van der Waals surface area contributed by atoms with Crippen molar-refractivity contribution in [2.45, 2.75) is 25.7 Å². The minimum atomic E-state index is -0.315. The number of nitrogens with zero attached hydrogens (tertiary/aromatic N) is 3. The number of rotatable bonds is 4. The fourth-order valence-corrected chi connectivity index (χ4v) is 3.53. The Labute approximate surface area is 172 Å². The number of carbonyl (C=O) groups excluding carboxylic acids is 2. The number of anilines is 1. The molecule has 0 radical (unpaired) electrons. The Bertz CT molecular complexity index is 1040. The van der Waals surface area contributed by atoms with Crippen molar-refractivity contribution in [3.63, 3.8) is 0 Å². The third kappa shape index (κ3) is 4.37. The topological polar surface area (TPSA) is 88.3 Å². The minimum absolute atomic E-state index is 0.0413. The Morgan fingerprint density at radius 1 is 1.07 bits per heavy atom. The number of halogens is 1. The van der Waals surface area contributed by atoms with Gasteiger partial charge in [-0.2, -0.15) is 4.98 Å². The monoisotopic (exact) mass is 408 g/mol. The van der Waals surface area contributed by atoms with Gasteiger partial charge in [0, 0.05) is 42.7 Å². The molecule has 2 heterocycles. The molecular weight excluding hydrogens is 387 g/mol. The lowest BCUT2D eigenvalue weighted by molar-refractivity contribution is -0.114. The summed E-state index contributed by atoms with van der Waals surface area (Å²) < 4.78 is 18.5. The lowest BCUT2D eigenvalue weighted by Crippen LogP contribution is -2.38. The first-order chi connectivity index (χ1) is 14.5. The van der Waals surface area contributed by atoms with E-state index in [0.29, 0.717) is 41.6 Å². The molecule has 0 atom stereocenters. The van der Waals surface area contributed by atoms with Gasteiger partial charge in [0.15, 0.2) is 0 Å². The predicted octanol–water partition coefficient (Wildman–Crippen LogP) is 3.85. The van der Waals surface area contributed by atoms with Gasteiger partial charge in [-0.1, -0.05) is 5.16 Å². The average molecular weight is 408 g/mol. The summed E-state index contributed by atoms with van der Waals surface area (Å²) in [5.41, 5.74) is 1.94. The van der Waals surface area contributed by atoms with Gasteiger partial charge in [0.05, 0.1) is 0 Å². The van der Waals surface area contributed by atoms with Gasteiger partial charge in [0.1, 0.15) is 5.82 Å². The van der Waals surface area contributed by atoms with Crippen LogP contribution in [0.5, 0.6) is 0 Å². The predicted molar refractivity (Wildman–Crippen MR) is 108 cm³/mol. The molecule has 0 unspecified atom stereocenters. The SMILES string of the molecule is CC(=O)Nc1ccc(C(=O)N2CCC(c3nc(-c4ccc(F)cc4)no3)CC2)cc1. The van der Waals surface area contributed by atoms with Crippen molar-refractivity contribution in [2.24, 2.45) is 0 Å². The number of hydrogen-bond acceptors (Lipinski definition) is 5. The molecule has 0 saturated carbocycles. The van der Waals surface area contributed by atoms with Gasteiger partial charge in [-0.15, -0.1) is 0 Å². The highest BCUT2D eigenvalue weighted by molar-refractivity contribution is 5.95. The zero-order valence-electron chi connectivity index (χ0n) is 16.5. The molecule has 0 spiro atoms. The second-order valence-electron chi connectivity index (χ2n) is 7.29. The van der Waals surface area contributed by atoms with E-state index in [-0.39, 0.29) is 23.5 Å². The number of likely N-dealkylation sites (tertiary alicyclic amines) is 1. The zero-order chi connectivity index (χ0) is 21.1. The second-order valence-corrected chi connectivity index (χ2v) is 7.29. The maximum absolute atomic E-state index is 13.1. The minimum Gasteiger partial charge on any atom is -0.339 e. The highest BCUT2D eigenvalue weighted by atomic mass is 19.1. The summed E-state index contributed by atoms with van der Waals surface area (Å²) in [6, 6.07) is 12.8. The molecule has 7 nitrogen and oxygen atoms in total. The summed E-state index contributed by atoms with van der Waals surface area (Å²) in [6.45, 7) is 2.62. The number of hydrogen-bond donors (Lipinski definition) is 1. The third-order valence-corrected chi connectivity index (χ3v) is 5.13. The highest BCUT2D eigenvalue weighted by Gasteiger charge is 2.28. The van der Waals surface area contributed by atoms with Gasteiger partial charge >= 0.3 is 0 Å². The molecule has 0 bridgehead atoms. The first-order valence-corrected chi connectivity index (χ1v) is 9.76. The van der Waals surface area contributed by atoms with Crippen molar-refractivity contribution < 1.29 is 18.5 Å². The van der Waals surface area contributed by atoms with E-state index in [4.69, 9.17) is 4.52 Å². The molecule has 2 amide bonds. The molecule has 1 aliphatic rings. The van der Waals surface area contributed by atoms with E-state index in [1.54, 1.807) is 41.3 Å². The van der Waals surface area contributed by atoms with E-state index in [1.807, 2.05) is 0 Å². The maximum atomic E-state index is 13.1. The smallest absolute Gasteiger partial charge is 0.253 e. The van der Waals surface area contributed by atoms with Crippen LogP contribution in [0.25, 0.3) is 11.4 Å². The normalized spacial score (nSPS) is 14.5. The first-order valence-electron chi connectivity index (χ1n) is 9.76. The van der Waals surface area contributed by atoms with Gasteiger partial charge in [-0.05, 0) is 61.4 Å². The number of carbonyl (C=O) groups is 2. The Kier molecular flexibility index (Phi) is 5.56. The molecule has 1 fully saturated rings. The maximum Gasteiger partial charge on any atom is 0.253 e. The van der Waals surface area contributed by atoms with Crippen molar-refractivity contribution >= 4 is 17.5 Å². The van der Waals surface area contributed by atoms with E-state index in [0.717, 1.165) is 12.8 Å². The average Bonchev–Trinajstić information content (AvgIpc) is 3.24. The van der Waals surface area contributed by atoms with Crippen LogP contribution in [0.15, 0.2) is 53.1 Å². The number of aromatic nitrogens is 2. The Balaban J connectivity index is 1.36. The fourth-order valence-electron chi connectivity index (χ4n) is 3.53. The Morgan fingerprint density at radius 2 is 1.73 bits per heavy atom. The van der Waals surface area contributed by atoms with Crippen LogP contribution in [0.1, 0.15) is 41.9 Å². The summed E-state index contributed by atoms with van der Waals surface area (Å²) >= 11 is 0. The molecule has 1 aromatic heterocycles. The summed E-state index contributed by atoms with van der Waals surface area (Å²) in [5, 5.41) is 6.69. The van der Waals surface area contributed by atoms with E-state index in [9.17, 15) is 14.0 Å². The van der Waals surface area contributed by atoms with Crippen LogP contribution in [0.4, 0.5) is 10.1 Å². The number of nitrogens with one attached hydrogen (secondary N) is 1. The number of benzene rings is 2. The molecule has 30 heavy (non-hydrogen) atoms. The molecule has 8 heteroatoms. The summed E-state index contributed by atoms with van der Waals surface area (Å²) in [4.78, 5) is 30.1. The lowest BCUT2D eigenvalue weighted by atomic mass is 9.96. The standard InChI is InChI=1S/C22H21FN4O3/c1-14(28)24-19-8-4-17(5-9-19)22(29)27-12-10-16(11-13-27)21-25-20(26-30-21)15-2-6-18(23)7-3-15/h2-9,16H,10-13H2,1H3,(H,24,28). The van der Waals surface area contributed by atoms with E-state index in [2.05, 4.69) is 15.5 Å². The molecule has 1 saturated heterocycles. The van der Waals surface area contributed by atoms with E-state index >= 15 is 0 Å². The Hall–Kier alpha value is -3.55. The van der Waals surface area contributed by atoms with Crippen molar-refractivity contribution in [3.05, 3.63) is 65.8 Å². The summed E-state index contributed by atoms with van der Waals surface area (Å²) in [7, 11) is 0. The molecule has 1 aliphatic heterocycles. The fraction of sp³-hybridized carbons (Fsp3) is 0.273. The Morgan fingerprint density at radius 3 is 2.37 bits per heavy atom. The van der Waals surface area contributed by atoms with Crippen LogP contribution in [0.2, 0.25) is 0 Å². The van der Waals surface area contributed by atoms with E-state index in [1.165, 1.54) is 19.1 Å². The lowest BCUT2D eigenvalue weighted by Gasteiger charge is -2.30. The van der Waals surface area contributed by atoms with Crippen LogP contribution in [-0.2, 0) is 4.79 Å². The molecule has 0 aliphatic carbocycles. The van der Waals surface area contributed by atoms with Gasteiger partial charge in [0.2, 0.25) is 17.6 Å². The van der Waals surface area contributed by atoms with Gasteiger partial charge in [-0.3, -0.25) is 9.59 Å². The van der Waals surface area contributed by atoms with E-state index < -0.39 is 0 Å². The van der Waals surface area contributed by atoms with Crippen molar-refractivity contribution in [3.8, 4) is 11.4 Å². The third-order valence-electron chi connectivity index (χ3n) is 5.13. The number of amides is 2. The first kappa shape index (κ1) is 19.8.